The predicted molar refractivity (Wildman–Crippen MR) is 124 cm³/mol. The van der Waals surface area contributed by atoms with E-state index in [2.05, 4.69) is 10.4 Å². The number of nitrogens with zero attached hydrogens (tertiary/aromatic N) is 3. The van der Waals surface area contributed by atoms with E-state index in [9.17, 15) is 19.7 Å². The van der Waals surface area contributed by atoms with Gasteiger partial charge in [-0.15, -0.1) is 11.3 Å². The lowest BCUT2D eigenvalue weighted by molar-refractivity contribution is -0.385. The summed E-state index contributed by atoms with van der Waals surface area (Å²) in [7, 11) is 0. The average molecular weight is 485 g/mol. The second-order valence-electron chi connectivity index (χ2n) is 6.22. The molecule has 0 saturated carbocycles. The number of carbonyl (C=O) groups is 2. The normalized spacial score (nSPS) is 14.6. The number of hydrazine groups is 1. The number of benzene rings is 1. The van der Waals surface area contributed by atoms with Crippen LogP contribution < -0.4 is 10.2 Å². The largest absolute Gasteiger partial charge is 0.439 e. The molecule has 32 heavy (non-hydrogen) atoms. The standard InChI is InChI=1S/C20H12N4O5S3/c25-18(15-2-1-9-31-15)22-23-19(26)16(32-20(23)30)10-12-3-6-14(7-4-12)29-17-8-5-13(11-21-17)24(27)28/h1-11H,(H,22,25)/b16-10-. The number of amides is 2. The Kier molecular flexibility index (Phi) is 6.25. The molecule has 0 spiro atoms. The van der Waals surface area contributed by atoms with Crippen molar-refractivity contribution in [2.24, 2.45) is 0 Å². The summed E-state index contributed by atoms with van der Waals surface area (Å²) in [6.07, 6.45) is 2.77. The number of nitrogens with one attached hydrogen (secondary N) is 1. The molecule has 1 aromatic carbocycles. The second-order valence-corrected chi connectivity index (χ2v) is 8.84. The zero-order chi connectivity index (χ0) is 22.7. The molecule has 3 aromatic rings. The Morgan fingerprint density at radius 2 is 2.00 bits per heavy atom. The zero-order valence-corrected chi connectivity index (χ0v) is 18.4. The number of thioether (sulfide) groups is 1. The fourth-order valence-electron chi connectivity index (χ4n) is 2.57. The van der Waals surface area contributed by atoms with Crippen LogP contribution in [0.4, 0.5) is 5.69 Å². The molecule has 12 heteroatoms. The number of hydrogen-bond acceptors (Lipinski definition) is 9. The van der Waals surface area contributed by atoms with Crippen molar-refractivity contribution in [3.05, 3.63) is 85.6 Å². The molecular formula is C20H12N4O5S3. The molecule has 1 saturated heterocycles. The van der Waals surface area contributed by atoms with E-state index in [-0.39, 0.29) is 15.9 Å². The van der Waals surface area contributed by atoms with Crippen LogP contribution >= 0.6 is 35.3 Å². The Bertz CT molecular complexity index is 1230. The van der Waals surface area contributed by atoms with E-state index in [0.717, 1.165) is 28.5 Å². The quantitative estimate of drug-likeness (QED) is 0.237. The van der Waals surface area contributed by atoms with E-state index in [4.69, 9.17) is 17.0 Å². The van der Waals surface area contributed by atoms with Crippen molar-refractivity contribution in [1.29, 1.82) is 0 Å². The maximum Gasteiger partial charge on any atom is 0.287 e. The van der Waals surface area contributed by atoms with Gasteiger partial charge in [-0.25, -0.2) is 4.98 Å². The molecule has 4 rings (SSSR count). The predicted octanol–water partition coefficient (Wildman–Crippen LogP) is 4.39. The molecule has 1 aliphatic rings. The van der Waals surface area contributed by atoms with Crippen molar-refractivity contribution in [2.45, 2.75) is 0 Å². The molecule has 1 aliphatic heterocycles. The monoisotopic (exact) mass is 484 g/mol. The molecule has 1 fully saturated rings. The summed E-state index contributed by atoms with van der Waals surface area (Å²) < 4.78 is 5.80. The molecule has 0 atom stereocenters. The molecule has 2 amide bonds. The van der Waals surface area contributed by atoms with Crippen LogP contribution in [-0.2, 0) is 4.79 Å². The Hall–Kier alpha value is -3.61. The molecule has 160 valence electrons. The summed E-state index contributed by atoms with van der Waals surface area (Å²) in [6.45, 7) is 0. The lowest BCUT2D eigenvalue weighted by atomic mass is 10.2. The van der Waals surface area contributed by atoms with Gasteiger partial charge in [-0.3, -0.25) is 25.1 Å². The fourth-order valence-corrected chi connectivity index (χ4v) is 4.37. The summed E-state index contributed by atoms with van der Waals surface area (Å²) in [5, 5.41) is 13.5. The van der Waals surface area contributed by atoms with Gasteiger partial charge in [0.2, 0.25) is 5.88 Å². The molecule has 9 nitrogen and oxygen atoms in total. The van der Waals surface area contributed by atoms with Crippen LogP contribution in [0, 0.1) is 10.1 Å². The highest BCUT2D eigenvalue weighted by atomic mass is 32.2. The van der Waals surface area contributed by atoms with Crippen LogP contribution in [-0.4, -0.2) is 31.1 Å². The van der Waals surface area contributed by atoms with Crippen molar-refractivity contribution in [3.63, 3.8) is 0 Å². The van der Waals surface area contributed by atoms with Gasteiger partial charge in [-0.1, -0.05) is 30.0 Å². The van der Waals surface area contributed by atoms with Crippen LogP contribution in [0.25, 0.3) is 6.08 Å². The van der Waals surface area contributed by atoms with Gasteiger partial charge in [-0.2, -0.15) is 5.01 Å². The Morgan fingerprint density at radius 1 is 1.22 bits per heavy atom. The number of carbonyl (C=O) groups excluding carboxylic acids is 2. The van der Waals surface area contributed by atoms with Gasteiger partial charge in [0.25, 0.3) is 17.5 Å². The van der Waals surface area contributed by atoms with Crippen LogP contribution in [0.15, 0.2) is 65.0 Å². The first kappa shape index (κ1) is 21.6. The number of rotatable bonds is 6. The molecule has 0 unspecified atom stereocenters. The fraction of sp³-hybridized carbons (Fsp3) is 0. The number of pyridine rings is 1. The SMILES string of the molecule is O=C(NN1C(=O)/C(=C/c2ccc(Oc3ccc([N+](=O)[O-])cn3)cc2)SC1=S)c1cccs1. The third-order valence-corrected chi connectivity index (χ3v) is 6.25. The molecular weight excluding hydrogens is 472 g/mol. The van der Waals surface area contributed by atoms with E-state index >= 15 is 0 Å². The summed E-state index contributed by atoms with van der Waals surface area (Å²) >= 11 is 7.58. The number of thiophene rings is 1. The number of thiocarbonyl (C=S) groups is 1. The Labute approximate surface area is 194 Å². The first-order chi connectivity index (χ1) is 15.4. The van der Waals surface area contributed by atoms with Crippen molar-refractivity contribution >= 4 is 63.2 Å². The van der Waals surface area contributed by atoms with Gasteiger partial charge in [-0.05, 0) is 47.4 Å². The van der Waals surface area contributed by atoms with E-state index in [0.29, 0.717) is 15.5 Å². The molecule has 3 heterocycles. The topological polar surface area (TPSA) is 115 Å². The average Bonchev–Trinajstić information content (AvgIpc) is 3.41. The van der Waals surface area contributed by atoms with Gasteiger partial charge in [0.15, 0.2) is 4.32 Å². The maximum atomic E-state index is 12.7. The molecule has 2 aromatic heterocycles. The van der Waals surface area contributed by atoms with Gasteiger partial charge in [0.1, 0.15) is 11.9 Å². The van der Waals surface area contributed by atoms with Crippen molar-refractivity contribution in [3.8, 4) is 11.6 Å². The molecule has 1 N–H and O–H groups in total. The highest BCUT2D eigenvalue weighted by molar-refractivity contribution is 8.26. The second kappa shape index (κ2) is 9.26. The maximum absolute atomic E-state index is 12.7. The number of nitro groups is 1. The minimum absolute atomic E-state index is 0.128. The van der Waals surface area contributed by atoms with E-state index < -0.39 is 16.7 Å². The zero-order valence-electron chi connectivity index (χ0n) is 16.0. The number of aromatic nitrogens is 1. The van der Waals surface area contributed by atoms with E-state index in [1.54, 1.807) is 47.9 Å². The Balaban J connectivity index is 1.42. The summed E-state index contributed by atoms with van der Waals surface area (Å²) in [5.41, 5.74) is 3.12. The van der Waals surface area contributed by atoms with Crippen molar-refractivity contribution < 1.29 is 19.2 Å². The molecule has 0 bridgehead atoms. The highest BCUT2D eigenvalue weighted by Crippen LogP contribution is 2.32. The minimum Gasteiger partial charge on any atom is -0.439 e. The van der Waals surface area contributed by atoms with Gasteiger partial charge in [0.05, 0.1) is 14.7 Å². The number of ether oxygens (including phenoxy) is 1. The van der Waals surface area contributed by atoms with E-state index in [1.165, 1.54) is 23.5 Å². The van der Waals surface area contributed by atoms with Gasteiger partial charge < -0.3 is 4.74 Å². The van der Waals surface area contributed by atoms with Gasteiger partial charge >= 0.3 is 0 Å². The third kappa shape index (κ3) is 4.82. The van der Waals surface area contributed by atoms with Gasteiger partial charge in [0, 0.05) is 12.1 Å². The number of hydrogen-bond donors (Lipinski definition) is 1. The van der Waals surface area contributed by atoms with Crippen LogP contribution in [0.3, 0.4) is 0 Å². The van der Waals surface area contributed by atoms with Crippen LogP contribution in [0.5, 0.6) is 11.6 Å². The van der Waals surface area contributed by atoms with Crippen LogP contribution in [0.1, 0.15) is 15.2 Å². The summed E-state index contributed by atoms with van der Waals surface area (Å²) in [6, 6.07) is 12.9. The summed E-state index contributed by atoms with van der Waals surface area (Å²) in [5.74, 6) is -0.135. The minimum atomic E-state index is -0.540. The van der Waals surface area contributed by atoms with E-state index in [1.807, 2.05) is 0 Å². The third-order valence-electron chi connectivity index (χ3n) is 4.08. The van der Waals surface area contributed by atoms with Crippen molar-refractivity contribution in [1.82, 2.24) is 15.4 Å². The summed E-state index contributed by atoms with van der Waals surface area (Å²) in [4.78, 5) is 39.8. The van der Waals surface area contributed by atoms with Crippen molar-refractivity contribution in [2.75, 3.05) is 0 Å². The first-order valence-electron chi connectivity index (χ1n) is 8.91. The molecule has 0 aliphatic carbocycles. The van der Waals surface area contributed by atoms with Crippen LogP contribution in [0.2, 0.25) is 0 Å². The lowest BCUT2D eigenvalue weighted by Gasteiger charge is -2.14. The smallest absolute Gasteiger partial charge is 0.287 e. The first-order valence-corrected chi connectivity index (χ1v) is 11.0. The highest BCUT2D eigenvalue weighted by Gasteiger charge is 2.33. The molecule has 0 radical (unpaired) electrons. The lowest BCUT2D eigenvalue weighted by Crippen LogP contribution is -2.44. The Morgan fingerprint density at radius 3 is 2.62 bits per heavy atom.